The summed E-state index contributed by atoms with van der Waals surface area (Å²) in [6.45, 7) is 15.6. The molecule has 0 aromatic rings. The molecule has 17 atom stereocenters. The first kappa shape index (κ1) is 37.4. The molecule has 0 saturated carbocycles. The Kier molecular flexibility index (Phi) is 10.9. The number of carboxylic acid groups (broad SMARTS) is 1. The van der Waals surface area contributed by atoms with E-state index in [0.29, 0.717) is 19.3 Å². The number of ether oxygens (including phenoxy) is 6. The van der Waals surface area contributed by atoms with Crippen LogP contribution in [0.2, 0.25) is 0 Å². The smallest absolute Gasteiger partial charge is 0.308 e. The van der Waals surface area contributed by atoms with Gasteiger partial charge in [0.2, 0.25) is 0 Å². The van der Waals surface area contributed by atoms with E-state index in [1.807, 2.05) is 20.8 Å². The molecule has 0 aromatic heterocycles. The van der Waals surface area contributed by atoms with Gasteiger partial charge in [0.1, 0.15) is 0 Å². The van der Waals surface area contributed by atoms with Crippen molar-refractivity contribution in [2.75, 3.05) is 13.7 Å². The number of carbonyl (C=O) groups is 1. The number of aliphatic hydroxyl groups is 3. The van der Waals surface area contributed by atoms with E-state index in [0.717, 1.165) is 32.1 Å². The van der Waals surface area contributed by atoms with Crippen LogP contribution >= 0.6 is 0 Å². The number of aliphatic carboxylic acids is 1. The molecule has 47 heavy (non-hydrogen) atoms. The molecule has 0 aromatic carbocycles. The molecule has 11 heteroatoms. The fourth-order valence-electron chi connectivity index (χ4n) is 9.91. The molecule has 0 unspecified atom stereocenters. The molecule has 1 spiro atoms. The highest BCUT2D eigenvalue weighted by atomic mass is 16.7. The van der Waals surface area contributed by atoms with Crippen molar-refractivity contribution in [1.29, 1.82) is 0 Å². The number of carboxylic acids is 1. The Hall–Kier alpha value is -0.890. The fraction of sp³-hybridized carbons (Fsp3) is 0.972. The summed E-state index contributed by atoms with van der Waals surface area (Å²) in [4.78, 5) is 11.8. The second-order valence-corrected chi connectivity index (χ2v) is 16.3. The Balaban J connectivity index is 1.29. The maximum atomic E-state index is 11.8. The third-order valence-corrected chi connectivity index (χ3v) is 13.0. The van der Waals surface area contributed by atoms with Gasteiger partial charge in [0.15, 0.2) is 11.6 Å². The van der Waals surface area contributed by atoms with Crippen molar-refractivity contribution < 1.29 is 53.6 Å². The van der Waals surface area contributed by atoms with Crippen LogP contribution in [0.1, 0.15) is 107 Å². The van der Waals surface area contributed by atoms with E-state index in [-0.39, 0.29) is 54.0 Å². The molecular weight excluding hydrogens is 608 g/mol. The predicted octanol–water partition coefficient (Wildman–Crippen LogP) is 4.27. The Morgan fingerprint density at radius 1 is 1.02 bits per heavy atom. The molecule has 0 bridgehead atoms. The van der Waals surface area contributed by atoms with Crippen molar-refractivity contribution in [2.24, 2.45) is 35.5 Å². The lowest BCUT2D eigenvalue weighted by atomic mass is 9.78. The maximum Gasteiger partial charge on any atom is 0.308 e. The van der Waals surface area contributed by atoms with Crippen LogP contribution in [0.25, 0.3) is 0 Å². The topological polar surface area (TPSA) is 153 Å². The zero-order chi connectivity index (χ0) is 34.7. The first-order valence-corrected chi connectivity index (χ1v) is 18.1. The van der Waals surface area contributed by atoms with Crippen molar-refractivity contribution in [2.45, 2.75) is 172 Å². The molecule has 5 heterocycles. The van der Waals surface area contributed by atoms with Gasteiger partial charge in [-0.1, -0.05) is 41.5 Å². The Labute approximate surface area is 281 Å². The minimum absolute atomic E-state index is 0.153. The quantitative estimate of drug-likeness (QED) is 0.264. The van der Waals surface area contributed by atoms with Gasteiger partial charge in [0.25, 0.3) is 0 Å². The van der Waals surface area contributed by atoms with Gasteiger partial charge < -0.3 is 48.8 Å². The highest BCUT2D eigenvalue weighted by molar-refractivity contribution is 5.70. The number of hydrogen-bond acceptors (Lipinski definition) is 10. The number of rotatable bonds is 10. The van der Waals surface area contributed by atoms with E-state index in [4.69, 9.17) is 28.4 Å². The molecule has 5 aliphatic heterocycles. The number of aliphatic hydroxyl groups excluding tert-OH is 2. The van der Waals surface area contributed by atoms with E-state index in [2.05, 4.69) is 27.7 Å². The highest BCUT2D eigenvalue weighted by Gasteiger charge is 2.62. The van der Waals surface area contributed by atoms with Crippen molar-refractivity contribution in [3.05, 3.63) is 0 Å². The van der Waals surface area contributed by atoms with E-state index < -0.39 is 59.6 Å². The molecule has 5 aliphatic rings. The zero-order valence-electron chi connectivity index (χ0n) is 30.0. The minimum atomic E-state index is -1.56. The average molecular weight is 671 g/mol. The van der Waals surface area contributed by atoms with Crippen LogP contribution in [-0.2, 0) is 33.2 Å². The summed E-state index contributed by atoms with van der Waals surface area (Å²) in [6.07, 6.45) is 2.99. The molecule has 272 valence electrons. The lowest BCUT2D eigenvalue weighted by molar-refractivity contribution is -0.336. The molecule has 0 aliphatic carbocycles. The van der Waals surface area contributed by atoms with Crippen molar-refractivity contribution in [3.63, 3.8) is 0 Å². The Morgan fingerprint density at radius 3 is 2.34 bits per heavy atom. The maximum absolute atomic E-state index is 11.8. The first-order valence-electron chi connectivity index (χ1n) is 18.1. The second kappa shape index (κ2) is 13.7. The monoisotopic (exact) mass is 670 g/mol. The molecule has 0 amide bonds. The van der Waals surface area contributed by atoms with E-state index >= 15 is 0 Å². The van der Waals surface area contributed by atoms with Crippen LogP contribution in [-0.4, -0.2) is 106 Å². The summed E-state index contributed by atoms with van der Waals surface area (Å²) in [5.41, 5.74) is -1.15. The van der Waals surface area contributed by atoms with Gasteiger partial charge in [-0.25, -0.2) is 0 Å². The molecule has 5 rings (SSSR count). The zero-order valence-corrected chi connectivity index (χ0v) is 30.0. The van der Waals surface area contributed by atoms with Gasteiger partial charge in [-0.2, -0.15) is 0 Å². The van der Waals surface area contributed by atoms with Crippen LogP contribution in [0.5, 0.6) is 0 Å². The molecule has 5 saturated heterocycles. The third-order valence-electron chi connectivity index (χ3n) is 13.0. The van der Waals surface area contributed by atoms with Crippen molar-refractivity contribution in [3.8, 4) is 0 Å². The normalized spacial score (nSPS) is 50.9. The summed E-state index contributed by atoms with van der Waals surface area (Å²) in [6, 6.07) is 0. The van der Waals surface area contributed by atoms with Crippen LogP contribution in [0.3, 0.4) is 0 Å². The SMILES string of the molecule is CC[C@@]1([C@H]2O[C@H]([C@H]3O[C@@](O)(CO)[C@H](C)C[C@@H]3C)C[C@H]2C)CC[C@H]([C@@]2(C)CC[C@]3(C[C@H](O)[C@@H](C)[C@@H]([C@H](C)[C@H](OC)[C@H](C)C(=O)O)O3)O2)O1. The largest absolute Gasteiger partial charge is 0.481 e. The molecule has 11 nitrogen and oxygen atoms in total. The summed E-state index contributed by atoms with van der Waals surface area (Å²) >= 11 is 0. The van der Waals surface area contributed by atoms with Gasteiger partial charge in [-0.05, 0) is 64.2 Å². The molecule has 4 N–H and O–H groups in total. The van der Waals surface area contributed by atoms with Gasteiger partial charge in [0, 0.05) is 37.7 Å². The van der Waals surface area contributed by atoms with Crippen LogP contribution < -0.4 is 0 Å². The summed E-state index contributed by atoms with van der Waals surface area (Å²) in [5, 5.41) is 41.8. The first-order chi connectivity index (χ1) is 22.0. The van der Waals surface area contributed by atoms with Crippen LogP contribution in [0, 0.1) is 35.5 Å². The summed E-state index contributed by atoms with van der Waals surface area (Å²) in [5.74, 6) is -4.52. The highest BCUT2D eigenvalue weighted by Crippen LogP contribution is 2.55. The lowest BCUT2D eigenvalue weighted by Gasteiger charge is -2.49. The standard InChI is InChI=1S/C36H62O11/c1-10-34(31-20(3)16-26(43-31)28-19(2)15-21(4)36(41,18-37)46-28)12-11-27(44-34)33(8)13-14-35(47-33)17-25(38)22(5)30(45-35)23(6)29(42-9)24(7)32(39)40/h19-31,37-38,41H,10-18H2,1-9H3,(H,39,40)/t19-,20+,21+,22+,23+,24-,25-,26-,27+,28-,29-,30-,31-,33+,34-,35+,36-/m0/s1. The number of hydrogen-bond donors (Lipinski definition) is 4. The van der Waals surface area contributed by atoms with E-state index in [1.54, 1.807) is 6.92 Å². The third kappa shape index (κ3) is 6.67. The lowest BCUT2D eigenvalue weighted by Crippen LogP contribution is -2.57. The van der Waals surface area contributed by atoms with E-state index in [9.17, 15) is 25.2 Å². The van der Waals surface area contributed by atoms with E-state index in [1.165, 1.54) is 7.11 Å². The minimum Gasteiger partial charge on any atom is -0.481 e. The molecule has 0 radical (unpaired) electrons. The summed E-state index contributed by atoms with van der Waals surface area (Å²) in [7, 11) is 1.52. The van der Waals surface area contributed by atoms with Crippen molar-refractivity contribution >= 4 is 5.97 Å². The predicted molar refractivity (Wildman–Crippen MR) is 172 cm³/mol. The van der Waals surface area contributed by atoms with Gasteiger partial charge >= 0.3 is 5.97 Å². The van der Waals surface area contributed by atoms with Gasteiger partial charge in [0.05, 0.1) is 66.5 Å². The van der Waals surface area contributed by atoms with Crippen LogP contribution in [0.4, 0.5) is 0 Å². The molecular formula is C36H62O11. The molecule has 5 fully saturated rings. The van der Waals surface area contributed by atoms with Crippen molar-refractivity contribution in [1.82, 2.24) is 0 Å². The average Bonchev–Trinajstić information content (AvgIpc) is 3.73. The van der Waals surface area contributed by atoms with Gasteiger partial charge in [-0.15, -0.1) is 0 Å². The fourth-order valence-corrected chi connectivity index (χ4v) is 9.91. The summed E-state index contributed by atoms with van der Waals surface area (Å²) < 4.78 is 39.4. The second-order valence-electron chi connectivity index (χ2n) is 16.3. The Bertz CT molecular complexity index is 1110. The van der Waals surface area contributed by atoms with Crippen LogP contribution in [0.15, 0.2) is 0 Å². The number of methoxy groups -OCH3 is 1. The Morgan fingerprint density at radius 2 is 1.72 bits per heavy atom. The van der Waals surface area contributed by atoms with Gasteiger partial charge in [-0.3, -0.25) is 4.79 Å².